The number of ether oxygens (including phenoxy) is 3. The molecule has 1 aliphatic heterocycles. The second-order valence-corrected chi connectivity index (χ2v) is 5.18. The number of hydrogen-bond donors (Lipinski definition) is 0. The van der Waals surface area contributed by atoms with E-state index in [0.29, 0.717) is 17.1 Å². The molecular weight excluding hydrogens is 256 g/mol. The summed E-state index contributed by atoms with van der Waals surface area (Å²) in [6.45, 7) is 1.94. The van der Waals surface area contributed by atoms with Gasteiger partial charge in [-0.1, -0.05) is 6.42 Å². The van der Waals surface area contributed by atoms with Gasteiger partial charge in [-0.15, -0.1) is 0 Å². The number of fused-ring (bicyclic) bond motifs is 1. The molecule has 0 fully saturated rings. The van der Waals surface area contributed by atoms with Gasteiger partial charge in [0.05, 0.1) is 20.3 Å². The topological polar surface area (TPSA) is 44.8 Å². The molecule has 2 rings (SSSR count). The van der Waals surface area contributed by atoms with E-state index in [1.54, 1.807) is 20.3 Å². The Kier molecular flexibility index (Phi) is 4.88. The number of benzene rings is 1. The average molecular weight is 278 g/mol. The maximum absolute atomic E-state index is 12.4. The number of methoxy groups -OCH3 is 2. The second-order valence-electron chi connectivity index (χ2n) is 5.18. The Bertz CT molecular complexity index is 482. The van der Waals surface area contributed by atoms with Gasteiger partial charge < -0.3 is 14.2 Å². The summed E-state index contributed by atoms with van der Waals surface area (Å²) in [7, 11) is 3.17. The van der Waals surface area contributed by atoms with Gasteiger partial charge in [-0.05, 0) is 44.2 Å². The highest BCUT2D eigenvalue weighted by molar-refractivity contribution is 5.94. The number of carbonyl (C=O) groups is 1. The van der Waals surface area contributed by atoms with E-state index in [1.165, 1.54) is 0 Å². The minimum Gasteiger partial charge on any atom is -0.497 e. The summed E-state index contributed by atoms with van der Waals surface area (Å²) in [5.41, 5.74) is 1.49. The summed E-state index contributed by atoms with van der Waals surface area (Å²) in [6, 6.07) is 3.64. The monoisotopic (exact) mass is 278 g/mol. The van der Waals surface area contributed by atoms with Gasteiger partial charge in [0.1, 0.15) is 17.1 Å². The normalized spacial score (nSPS) is 19.8. The van der Waals surface area contributed by atoms with E-state index in [-0.39, 0.29) is 12.1 Å². The van der Waals surface area contributed by atoms with Crippen molar-refractivity contribution in [2.45, 2.75) is 45.1 Å². The quantitative estimate of drug-likeness (QED) is 0.778. The molecule has 0 aromatic heterocycles. The third-order valence-electron chi connectivity index (χ3n) is 3.68. The zero-order valence-electron chi connectivity index (χ0n) is 12.4. The van der Waals surface area contributed by atoms with Crippen molar-refractivity contribution in [1.82, 2.24) is 0 Å². The van der Waals surface area contributed by atoms with E-state index in [2.05, 4.69) is 0 Å². The molecule has 1 aliphatic rings. The van der Waals surface area contributed by atoms with Gasteiger partial charge in [0.2, 0.25) is 0 Å². The number of carbonyl (C=O) groups excluding carboxylic acids is 1. The van der Waals surface area contributed by atoms with Crippen molar-refractivity contribution in [3.63, 3.8) is 0 Å². The molecule has 0 aliphatic carbocycles. The lowest BCUT2D eigenvalue weighted by molar-refractivity contribution is 0.0312. The largest absolute Gasteiger partial charge is 0.497 e. The maximum atomic E-state index is 12.4. The number of aryl methyl sites for hydroxylation is 1. The van der Waals surface area contributed by atoms with Crippen LogP contribution in [-0.4, -0.2) is 26.3 Å². The number of esters is 1. The highest BCUT2D eigenvalue weighted by Crippen LogP contribution is 2.31. The fourth-order valence-electron chi connectivity index (χ4n) is 2.58. The average Bonchev–Trinajstić information content (AvgIpc) is 2.45. The van der Waals surface area contributed by atoms with Crippen molar-refractivity contribution in [2.75, 3.05) is 14.2 Å². The van der Waals surface area contributed by atoms with Gasteiger partial charge in [0, 0.05) is 6.07 Å². The van der Waals surface area contributed by atoms with Crippen LogP contribution in [0.2, 0.25) is 0 Å². The molecule has 0 saturated carbocycles. The predicted molar refractivity (Wildman–Crippen MR) is 76.6 cm³/mol. The van der Waals surface area contributed by atoms with E-state index in [9.17, 15) is 4.79 Å². The summed E-state index contributed by atoms with van der Waals surface area (Å²) in [5.74, 6) is 0.935. The van der Waals surface area contributed by atoms with Crippen LogP contribution < -0.4 is 9.47 Å². The van der Waals surface area contributed by atoms with Crippen LogP contribution in [0.5, 0.6) is 11.5 Å². The molecule has 20 heavy (non-hydrogen) atoms. The van der Waals surface area contributed by atoms with E-state index >= 15 is 0 Å². The molecule has 4 nitrogen and oxygen atoms in total. The van der Waals surface area contributed by atoms with Gasteiger partial charge >= 0.3 is 5.97 Å². The molecule has 1 heterocycles. The molecule has 1 aromatic carbocycles. The van der Waals surface area contributed by atoms with Gasteiger partial charge in [-0.3, -0.25) is 0 Å². The Morgan fingerprint density at radius 1 is 1.15 bits per heavy atom. The van der Waals surface area contributed by atoms with Crippen molar-refractivity contribution in [3.05, 3.63) is 23.3 Å². The highest BCUT2D eigenvalue weighted by atomic mass is 16.5. The second kappa shape index (κ2) is 6.64. The standard InChI is InChI=1S/C16H22O4/c1-11-7-5-4-6-8-12-9-13(18-2)10-14(19-3)15(12)16(17)20-11/h9-11H,4-8H2,1-3H3/t11-/m1/s1. The third kappa shape index (κ3) is 3.24. The van der Waals surface area contributed by atoms with Crippen LogP contribution in [0.25, 0.3) is 0 Å². The predicted octanol–water partition coefficient (Wildman–Crippen LogP) is 3.37. The fraction of sp³-hybridized carbons (Fsp3) is 0.562. The van der Waals surface area contributed by atoms with Crippen LogP contribution in [0.1, 0.15) is 48.5 Å². The van der Waals surface area contributed by atoms with Gasteiger partial charge in [-0.25, -0.2) is 4.79 Å². The lowest BCUT2D eigenvalue weighted by atomic mass is 9.98. The molecule has 0 radical (unpaired) electrons. The zero-order valence-corrected chi connectivity index (χ0v) is 12.4. The molecule has 0 bridgehead atoms. The Balaban J connectivity index is 2.45. The van der Waals surface area contributed by atoms with E-state index in [4.69, 9.17) is 14.2 Å². The molecule has 0 N–H and O–H groups in total. The van der Waals surface area contributed by atoms with Crippen LogP contribution in [0.4, 0.5) is 0 Å². The van der Waals surface area contributed by atoms with Crippen LogP contribution in [0, 0.1) is 0 Å². The molecule has 0 unspecified atom stereocenters. The zero-order chi connectivity index (χ0) is 14.5. The number of cyclic esters (lactones) is 1. The van der Waals surface area contributed by atoms with Gasteiger partial charge in [0.25, 0.3) is 0 Å². The fourth-order valence-corrected chi connectivity index (χ4v) is 2.58. The van der Waals surface area contributed by atoms with Crippen molar-refractivity contribution in [1.29, 1.82) is 0 Å². The van der Waals surface area contributed by atoms with E-state index in [1.807, 2.05) is 13.0 Å². The first-order chi connectivity index (χ1) is 9.65. The first-order valence-corrected chi connectivity index (χ1v) is 7.11. The molecular formula is C16H22O4. The molecule has 0 saturated heterocycles. The molecule has 4 heteroatoms. The van der Waals surface area contributed by atoms with E-state index in [0.717, 1.165) is 37.7 Å². The SMILES string of the molecule is COc1cc2c(c(OC)c1)C(=O)O[C@H](C)CCCCC2. The summed E-state index contributed by atoms with van der Waals surface area (Å²) in [6.07, 6.45) is 4.99. The van der Waals surface area contributed by atoms with Crippen LogP contribution in [0.3, 0.4) is 0 Å². The van der Waals surface area contributed by atoms with Crippen LogP contribution >= 0.6 is 0 Å². The van der Waals surface area contributed by atoms with Gasteiger partial charge in [-0.2, -0.15) is 0 Å². The van der Waals surface area contributed by atoms with Gasteiger partial charge in [0.15, 0.2) is 0 Å². The van der Waals surface area contributed by atoms with Crippen molar-refractivity contribution in [3.8, 4) is 11.5 Å². The smallest absolute Gasteiger partial charge is 0.342 e. The molecule has 1 atom stereocenters. The Hall–Kier alpha value is -1.71. The summed E-state index contributed by atoms with van der Waals surface area (Å²) in [5, 5.41) is 0. The number of hydrogen-bond acceptors (Lipinski definition) is 4. The lowest BCUT2D eigenvalue weighted by Crippen LogP contribution is -2.18. The lowest BCUT2D eigenvalue weighted by Gasteiger charge is -2.19. The molecule has 1 aromatic rings. The molecule has 0 amide bonds. The number of rotatable bonds is 2. The third-order valence-corrected chi connectivity index (χ3v) is 3.68. The van der Waals surface area contributed by atoms with E-state index < -0.39 is 0 Å². The minimum absolute atomic E-state index is 0.0553. The van der Waals surface area contributed by atoms with Crippen molar-refractivity contribution in [2.24, 2.45) is 0 Å². The van der Waals surface area contributed by atoms with Crippen LogP contribution in [-0.2, 0) is 11.2 Å². The Morgan fingerprint density at radius 2 is 1.95 bits per heavy atom. The molecule has 0 spiro atoms. The Morgan fingerprint density at radius 3 is 2.65 bits per heavy atom. The first kappa shape index (κ1) is 14.7. The summed E-state index contributed by atoms with van der Waals surface area (Å²) in [4.78, 5) is 12.4. The van der Waals surface area contributed by atoms with Crippen molar-refractivity contribution >= 4 is 5.97 Å². The summed E-state index contributed by atoms with van der Waals surface area (Å²) < 4.78 is 16.1. The minimum atomic E-state index is -0.297. The first-order valence-electron chi connectivity index (χ1n) is 7.11. The van der Waals surface area contributed by atoms with Crippen molar-refractivity contribution < 1.29 is 19.0 Å². The Labute approximate surface area is 120 Å². The summed E-state index contributed by atoms with van der Waals surface area (Å²) >= 11 is 0. The molecule has 110 valence electrons. The van der Waals surface area contributed by atoms with Crippen LogP contribution in [0.15, 0.2) is 12.1 Å². The maximum Gasteiger partial charge on any atom is 0.342 e. The highest BCUT2D eigenvalue weighted by Gasteiger charge is 2.23.